The molecule has 0 saturated heterocycles. The van der Waals surface area contributed by atoms with Crippen LogP contribution in [0.2, 0.25) is 0 Å². The molecule has 25 heavy (non-hydrogen) atoms. The van der Waals surface area contributed by atoms with Crippen molar-refractivity contribution in [3.8, 4) is 0 Å². The number of H-pyrrole nitrogens is 1. The second-order valence-corrected chi connectivity index (χ2v) is 5.01. The molecule has 0 unspecified atom stereocenters. The first-order chi connectivity index (χ1) is 11.9. The normalized spacial score (nSPS) is 16.6. The molecule has 1 aliphatic rings. The van der Waals surface area contributed by atoms with Gasteiger partial charge in [-0.05, 0) is 26.0 Å². The lowest BCUT2D eigenvalue weighted by Gasteiger charge is -2.07. The maximum Gasteiger partial charge on any atom is 0.341 e. The fourth-order valence-electron chi connectivity index (χ4n) is 2.12. The molecule has 132 valence electrons. The molecule has 0 spiro atoms. The summed E-state index contributed by atoms with van der Waals surface area (Å²) in [7, 11) is 0. The number of aromatic nitrogens is 2. The maximum atomic E-state index is 12.0. The van der Waals surface area contributed by atoms with Crippen molar-refractivity contribution >= 4 is 23.7 Å². The summed E-state index contributed by atoms with van der Waals surface area (Å²) in [6.07, 6.45) is 7.94. The number of amides is 2. The predicted molar refractivity (Wildman–Crippen MR) is 91.1 cm³/mol. The van der Waals surface area contributed by atoms with Gasteiger partial charge in [-0.25, -0.2) is 9.63 Å². The Morgan fingerprint density at radius 3 is 2.60 bits per heavy atom. The van der Waals surface area contributed by atoms with Crippen molar-refractivity contribution in [1.29, 1.82) is 0 Å². The molecule has 5 N–H and O–H groups in total. The number of rotatable bonds is 5. The summed E-state index contributed by atoms with van der Waals surface area (Å²) in [5.41, 5.74) is 11.5. The van der Waals surface area contributed by atoms with E-state index in [4.69, 9.17) is 16.3 Å². The second-order valence-electron chi connectivity index (χ2n) is 5.01. The van der Waals surface area contributed by atoms with E-state index in [2.05, 4.69) is 10.2 Å². The van der Waals surface area contributed by atoms with E-state index in [0.717, 1.165) is 9.85 Å². The number of primary amides is 1. The van der Waals surface area contributed by atoms with Gasteiger partial charge in [0.15, 0.2) is 0 Å². The molecule has 2 amide bonds. The van der Waals surface area contributed by atoms with Crippen molar-refractivity contribution in [2.75, 3.05) is 6.73 Å². The molecule has 10 nitrogen and oxygen atoms in total. The quantitative estimate of drug-likeness (QED) is 0.389. The zero-order valence-corrected chi connectivity index (χ0v) is 13.7. The van der Waals surface area contributed by atoms with Crippen LogP contribution < -0.4 is 17.0 Å². The van der Waals surface area contributed by atoms with E-state index in [1.165, 1.54) is 6.08 Å². The van der Waals surface area contributed by atoms with E-state index >= 15 is 0 Å². The maximum absolute atomic E-state index is 12.0. The molecule has 2 rings (SSSR count). The van der Waals surface area contributed by atoms with E-state index in [-0.39, 0.29) is 6.73 Å². The van der Waals surface area contributed by atoms with Gasteiger partial charge >= 0.3 is 11.9 Å². The summed E-state index contributed by atoms with van der Waals surface area (Å²) < 4.78 is 0.726. The summed E-state index contributed by atoms with van der Waals surface area (Å²) in [5.74, 6) is -0.414. The van der Waals surface area contributed by atoms with Crippen LogP contribution in [-0.2, 0) is 9.63 Å². The van der Waals surface area contributed by atoms with E-state index in [1.54, 1.807) is 38.2 Å². The Morgan fingerprint density at radius 1 is 1.28 bits per heavy atom. The third-order valence-corrected chi connectivity index (χ3v) is 3.32. The van der Waals surface area contributed by atoms with Gasteiger partial charge in [-0.2, -0.15) is 4.68 Å². The lowest BCUT2D eigenvalue weighted by Crippen LogP contribution is -2.30. The van der Waals surface area contributed by atoms with Gasteiger partial charge in [0.2, 0.25) is 0 Å². The van der Waals surface area contributed by atoms with Crippen molar-refractivity contribution < 1.29 is 14.4 Å². The average Bonchev–Trinajstić information content (AvgIpc) is 2.98. The largest absolute Gasteiger partial charge is 0.350 e. The van der Waals surface area contributed by atoms with Gasteiger partial charge in [0.25, 0.3) is 5.56 Å². The van der Waals surface area contributed by atoms with E-state index in [0.29, 0.717) is 22.5 Å². The highest BCUT2D eigenvalue weighted by atomic mass is 16.7. The SMILES string of the molecule is CC1=NN(OCN)C(=O)C1=CC=CC=Cc1c(C)[nH]n(C(N)=O)c1=O. The first-order valence-corrected chi connectivity index (χ1v) is 7.26. The van der Waals surface area contributed by atoms with Gasteiger partial charge in [0, 0.05) is 5.69 Å². The van der Waals surface area contributed by atoms with Gasteiger partial charge in [-0.15, -0.1) is 5.10 Å². The number of nitrogens with zero attached hydrogens (tertiary/aromatic N) is 3. The van der Waals surface area contributed by atoms with Crippen LogP contribution in [0.4, 0.5) is 4.79 Å². The number of nitrogens with one attached hydrogen (secondary N) is 1. The van der Waals surface area contributed by atoms with Crippen LogP contribution >= 0.6 is 0 Å². The first kappa shape index (κ1) is 18.1. The summed E-state index contributed by atoms with van der Waals surface area (Å²) in [6, 6.07) is -0.883. The molecule has 1 aromatic heterocycles. The molecule has 0 radical (unpaired) electrons. The number of carbonyl (C=O) groups excluding carboxylic acids is 2. The summed E-state index contributed by atoms with van der Waals surface area (Å²) >= 11 is 0. The van der Waals surface area contributed by atoms with Crippen LogP contribution in [0, 0.1) is 6.92 Å². The Balaban J connectivity index is 2.11. The van der Waals surface area contributed by atoms with Crippen molar-refractivity contribution in [1.82, 2.24) is 15.0 Å². The average molecular weight is 346 g/mol. The smallest absolute Gasteiger partial charge is 0.341 e. The minimum absolute atomic E-state index is 0.159. The molecule has 0 aromatic carbocycles. The topological polar surface area (TPSA) is 149 Å². The molecule has 0 saturated carbocycles. The van der Waals surface area contributed by atoms with E-state index in [9.17, 15) is 14.4 Å². The Labute approximate surface area is 142 Å². The van der Waals surface area contributed by atoms with E-state index < -0.39 is 17.5 Å². The third-order valence-electron chi connectivity index (χ3n) is 3.32. The molecule has 0 fully saturated rings. The number of nitrogens with two attached hydrogens (primary N) is 2. The van der Waals surface area contributed by atoms with Crippen LogP contribution in [0.3, 0.4) is 0 Å². The Hall–Kier alpha value is -3.24. The number of hydroxylamine groups is 1. The molecular weight excluding hydrogens is 328 g/mol. The highest BCUT2D eigenvalue weighted by Gasteiger charge is 2.27. The van der Waals surface area contributed by atoms with Crippen LogP contribution in [0.1, 0.15) is 18.2 Å². The zero-order chi connectivity index (χ0) is 18.6. The number of hydrogen-bond acceptors (Lipinski definition) is 6. The first-order valence-electron chi connectivity index (χ1n) is 7.26. The highest BCUT2D eigenvalue weighted by molar-refractivity contribution is 6.23. The van der Waals surface area contributed by atoms with Crippen molar-refractivity contribution in [2.24, 2.45) is 16.6 Å². The standard InChI is InChI=1S/C15H18N6O4/c1-9-11(13(22)20(18-9)15(17)24)6-4-3-5-7-12-10(2)19-21(14(12)23)25-8-16/h3-7,18H,8,16H2,1-2H3,(H2,17,24). The number of hydrazone groups is 1. The molecule has 0 bridgehead atoms. The number of carbonyl (C=O) groups is 2. The Bertz CT molecular complexity index is 871. The lowest BCUT2D eigenvalue weighted by molar-refractivity contribution is -0.178. The zero-order valence-electron chi connectivity index (χ0n) is 13.7. The fourth-order valence-corrected chi connectivity index (χ4v) is 2.12. The minimum atomic E-state index is -0.883. The molecule has 1 aromatic rings. The predicted octanol–water partition coefficient (Wildman–Crippen LogP) is -0.0267. The minimum Gasteiger partial charge on any atom is -0.350 e. The molecule has 0 atom stereocenters. The Morgan fingerprint density at radius 2 is 2.00 bits per heavy atom. The van der Waals surface area contributed by atoms with Crippen LogP contribution in [-0.4, -0.2) is 39.3 Å². The second kappa shape index (κ2) is 7.55. The third kappa shape index (κ3) is 3.82. The van der Waals surface area contributed by atoms with Crippen molar-refractivity contribution in [2.45, 2.75) is 13.8 Å². The van der Waals surface area contributed by atoms with Gasteiger partial charge in [-0.3, -0.25) is 14.7 Å². The summed E-state index contributed by atoms with van der Waals surface area (Å²) in [5, 5.41) is 7.33. The number of hydrogen-bond donors (Lipinski definition) is 3. The molecule has 2 heterocycles. The summed E-state index contributed by atoms with van der Waals surface area (Å²) in [4.78, 5) is 39.9. The fraction of sp³-hybridized carbons (Fsp3) is 0.200. The van der Waals surface area contributed by atoms with Crippen molar-refractivity contribution in [3.05, 3.63) is 51.5 Å². The van der Waals surface area contributed by atoms with Gasteiger partial charge < -0.3 is 11.5 Å². The molecule has 1 aliphatic heterocycles. The van der Waals surface area contributed by atoms with Crippen molar-refractivity contribution in [3.63, 3.8) is 0 Å². The van der Waals surface area contributed by atoms with Crippen LogP contribution in [0.15, 0.2) is 39.8 Å². The highest BCUT2D eigenvalue weighted by Crippen LogP contribution is 2.14. The van der Waals surface area contributed by atoms with Crippen LogP contribution in [0.25, 0.3) is 6.08 Å². The van der Waals surface area contributed by atoms with Crippen LogP contribution in [0.5, 0.6) is 0 Å². The van der Waals surface area contributed by atoms with Gasteiger partial charge in [0.05, 0.1) is 16.8 Å². The number of aryl methyl sites for hydroxylation is 1. The molecule has 10 heteroatoms. The van der Waals surface area contributed by atoms with E-state index in [1.807, 2.05) is 0 Å². The molecular formula is C15H18N6O4. The Kier molecular flexibility index (Phi) is 5.47. The summed E-state index contributed by atoms with van der Waals surface area (Å²) in [6.45, 7) is 3.16. The molecule has 0 aliphatic carbocycles. The van der Waals surface area contributed by atoms with Gasteiger partial charge in [0.1, 0.15) is 6.73 Å². The monoisotopic (exact) mass is 346 g/mol. The lowest BCUT2D eigenvalue weighted by atomic mass is 10.1. The van der Waals surface area contributed by atoms with Gasteiger partial charge in [-0.1, -0.05) is 23.4 Å². The number of aromatic amines is 1. The number of allylic oxidation sites excluding steroid dienone is 4.